The van der Waals surface area contributed by atoms with Crippen molar-refractivity contribution in [3.05, 3.63) is 53.5 Å². The Morgan fingerprint density at radius 3 is 2.46 bits per heavy atom. The molecule has 0 bridgehead atoms. The van der Waals surface area contributed by atoms with E-state index in [-0.39, 0.29) is 10.8 Å². The SMILES string of the molecule is CCN(CC)S(=O)(=O)c1ccc(C(=O)Nc2ccc3scnc3c2)cc1. The topological polar surface area (TPSA) is 79.4 Å². The Hall–Kier alpha value is -2.29. The van der Waals surface area contributed by atoms with Crippen LogP contribution in [0.2, 0.25) is 0 Å². The summed E-state index contributed by atoms with van der Waals surface area (Å²) in [6, 6.07) is 11.5. The molecule has 0 aliphatic carbocycles. The second-order valence-electron chi connectivity index (χ2n) is 5.60. The lowest BCUT2D eigenvalue weighted by Gasteiger charge is -2.18. The highest BCUT2D eigenvalue weighted by Gasteiger charge is 2.21. The number of thiazole rings is 1. The Balaban J connectivity index is 1.78. The van der Waals surface area contributed by atoms with Crippen molar-refractivity contribution in [1.82, 2.24) is 9.29 Å². The van der Waals surface area contributed by atoms with Crippen LogP contribution in [0.25, 0.3) is 10.2 Å². The Morgan fingerprint density at radius 1 is 1.12 bits per heavy atom. The van der Waals surface area contributed by atoms with E-state index in [4.69, 9.17) is 0 Å². The third kappa shape index (κ3) is 3.62. The minimum absolute atomic E-state index is 0.182. The molecule has 1 amide bonds. The van der Waals surface area contributed by atoms with Crippen LogP contribution in [0.5, 0.6) is 0 Å². The highest BCUT2D eigenvalue weighted by atomic mass is 32.2. The fourth-order valence-electron chi connectivity index (χ4n) is 2.63. The molecule has 0 saturated heterocycles. The average molecular weight is 390 g/mol. The smallest absolute Gasteiger partial charge is 0.255 e. The molecule has 1 N–H and O–H groups in total. The summed E-state index contributed by atoms with van der Waals surface area (Å²) in [5, 5.41) is 2.81. The second kappa shape index (κ2) is 7.53. The van der Waals surface area contributed by atoms with Gasteiger partial charge >= 0.3 is 0 Å². The number of carbonyl (C=O) groups is 1. The molecule has 0 radical (unpaired) electrons. The first-order valence-electron chi connectivity index (χ1n) is 8.20. The van der Waals surface area contributed by atoms with Crippen molar-refractivity contribution in [3.8, 4) is 0 Å². The molecule has 0 fully saturated rings. The minimum Gasteiger partial charge on any atom is -0.322 e. The van der Waals surface area contributed by atoms with Gasteiger partial charge in [-0.2, -0.15) is 4.31 Å². The molecule has 26 heavy (non-hydrogen) atoms. The first-order valence-corrected chi connectivity index (χ1v) is 10.5. The van der Waals surface area contributed by atoms with Gasteiger partial charge in [0.15, 0.2) is 0 Å². The Bertz CT molecular complexity index is 1020. The summed E-state index contributed by atoms with van der Waals surface area (Å²) >= 11 is 1.54. The van der Waals surface area contributed by atoms with Crippen molar-refractivity contribution < 1.29 is 13.2 Å². The molecule has 3 aromatic rings. The van der Waals surface area contributed by atoms with Crippen LogP contribution in [0, 0.1) is 0 Å². The lowest BCUT2D eigenvalue weighted by molar-refractivity contribution is 0.102. The first-order chi connectivity index (χ1) is 12.5. The van der Waals surface area contributed by atoms with E-state index in [9.17, 15) is 13.2 Å². The Morgan fingerprint density at radius 2 is 1.81 bits per heavy atom. The predicted molar refractivity (Wildman–Crippen MR) is 104 cm³/mol. The van der Waals surface area contributed by atoms with Crippen LogP contribution in [0.3, 0.4) is 0 Å². The largest absolute Gasteiger partial charge is 0.322 e. The maximum Gasteiger partial charge on any atom is 0.255 e. The van der Waals surface area contributed by atoms with Crippen molar-refractivity contribution >= 4 is 43.2 Å². The Labute approximate surface area is 156 Å². The summed E-state index contributed by atoms with van der Waals surface area (Å²) in [6.07, 6.45) is 0. The molecule has 0 spiro atoms. The van der Waals surface area contributed by atoms with E-state index < -0.39 is 10.0 Å². The van der Waals surface area contributed by atoms with Gasteiger partial charge in [-0.15, -0.1) is 11.3 Å². The molecule has 0 saturated carbocycles. The van der Waals surface area contributed by atoms with Crippen LogP contribution in [0.1, 0.15) is 24.2 Å². The van der Waals surface area contributed by atoms with Gasteiger partial charge in [0, 0.05) is 24.3 Å². The summed E-state index contributed by atoms with van der Waals surface area (Å²) in [7, 11) is -3.53. The van der Waals surface area contributed by atoms with Crippen LogP contribution in [-0.4, -0.2) is 36.7 Å². The number of benzene rings is 2. The number of amides is 1. The van der Waals surface area contributed by atoms with E-state index in [2.05, 4.69) is 10.3 Å². The standard InChI is InChI=1S/C18H19N3O3S2/c1-3-21(4-2)26(23,24)15-8-5-13(6-9-15)18(22)20-14-7-10-17-16(11-14)19-12-25-17/h5-12H,3-4H2,1-2H3,(H,20,22). The van der Waals surface area contributed by atoms with Crippen LogP contribution < -0.4 is 5.32 Å². The zero-order valence-corrected chi connectivity index (χ0v) is 16.1. The highest BCUT2D eigenvalue weighted by Crippen LogP contribution is 2.22. The third-order valence-corrected chi connectivity index (χ3v) is 6.92. The molecule has 0 atom stereocenters. The number of sulfonamides is 1. The summed E-state index contributed by atoms with van der Waals surface area (Å²) < 4.78 is 27.4. The normalized spacial score (nSPS) is 11.8. The van der Waals surface area contributed by atoms with E-state index >= 15 is 0 Å². The zero-order valence-electron chi connectivity index (χ0n) is 14.5. The van der Waals surface area contributed by atoms with E-state index in [1.54, 1.807) is 19.4 Å². The Kier molecular flexibility index (Phi) is 5.36. The van der Waals surface area contributed by atoms with Gasteiger partial charge in [0.1, 0.15) is 0 Å². The van der Waals surface area contributed by atoms with Crippen molar-refractivity contribution in [2.45, 2.75) is 18.7 Å². The summed E-state index contributed by atoms with van der Waals surface area (Å²) in [6.45, 7) is 4.39. The monoisotopic (exact) mass is 389 g/mol. The van der Waals surface area contributed by atoms with Crippen LogP contribution >= 0.6 is 11.3 Å². The summed E-state index contributed by atoms with van der Waals surface area (Å²) in [5.41, 5.74) is 3.62. The number of nitrogens with one attached hydrogen (secondary N) is 1. The number of rotatable bonds is 6. The lowest BCUT2D eigenvalue weighted by Crippen LogP contribution is -2.30. The molecule has 3 rings (SSSR count). The van der Waals surface area contributed by atoms with Gasteiger partial charge in [0.2, 0.25) is 10.0 Å². The molecule has 1 aromatic heterocycles. The first kappa shape index (κ1) is 18.5. The lowest BCUT2D eigenvalue weighted by atomic mass is 10.2. The average Bonchev–Trinajstić information content (AvgIpc) is 3.10. The van der Waals surface area contributed by atoms with Crippen LogP contribution in [0.15, 0.2) is 52.9 Å². The molecule has 8 heteroatoms. The van der Waals surface area contributed by atoms with Gasteiger partial charge in [0.25, 0.3) is 5.91 Å². The molecule has 136 valence electrons. The minimum atomic E-state index is -3.53. The summed E-state index contributed by atoms with van der Waals surface area (Å²) in [4.78, 5) is 16.8. The van der Waals surface area contributed by atoms with E-state index in [0.717, 1.165) is 10.2 Å². The maximum atomic E-state index is 12.5. The molecular formula is C18H19N3O3S2. The van der Waals surface area contributed by atoms with Gasteiger partial charge < -0.3 is 5.32 Å². The number of fused-ring (bicyclic) bond motifs is 1. The number of anilines is 1. The fraction of sp³-hybridized carbons (Fsp3) is 0.222. The van der Waals surface area contributed by atoms with Gasteiger partial charge in [-0.1, -0.05) is 13.8 Å². The third-order valence-electron chi connectivity index (χ3n) is 4.05. The van der Waals surface area contributed by atoms with Crippen LogP contribution in [0.4, 0.5) is 5.69 Å². The molecule has 6 nitrogen and oxygen atoms in total. The molecule has 2 aromatic carbocycles. The van der Waals surface area contributed by atoms with Gasteiger partial charge in [-0.25, -0.2) is 13.4 Å². The quantitative estimate of drug-likeness (QED) is 0.699. The highest BCUT2D eigenvalue weighted by molar-refractivity contribution is 7.89. The van der Waals surface area contributed by atoms with Crippen molar-refractivity contribution in [2.24, 2.45) is 0 Å². The number of hydrogen-bond acceptors (Lipinski definition) is 5. The molecule has 0 aliphatic rings. The number of nitrogens with zero attached hydrogens (tertiary/aromatic N) is 2. The van der Waals surface area contributed by atoms with E-state index in [1.807, 2.05) is 18.2 Å². The molecule has 0 aliphatic heterocycles. The number of hydrogen-bond donors (Lipinski definition) is 1. The van der Waals surface area contributed by atoms with Crippen molar-refractivity contribution in [1.29, 1.82) is 0 Å². The van der Waals surface area contributed by atoms with Gasteiger partial charge in [-0.05, 0) is 42.5 Å². The number of carbonyl (C=O) groups excluding carboxylic acids is 1. The summed E-state index contributed by atoms with van der Waals surface area (Å²) in [5.74, 6) is -0.300. The van der Waals surface area contributed by atoms with E-state index in [0.29, 0.717) is 24.3 Å². The van der Waals surface area contributed by atoms with Gasteiger partial charge in [0.05, 0.1) is 20.6 Å². The van der Waals surface area contributed by atoms with Crippen molar-refractivity contribution in [3.63, 3.8) is 0 Å². The molecular weight excluding hydrogens is 370 g/mol. The zero-order chi connectivity index (χ0) is 18.7. The fourth-order valence-corrected chi connectivity index (χ4v) is 4.75. The second-order valence-corrected chi connectivity index (χ2v) is 8.43. The van der Waals surface area contributed by atoms with Crippen LogP contribution in [-0.2, 0) is 10.0 Å². The number of aromatic nitrogens is 1. The predicted octanol–water partition coefficient (Wildman–Crippen LogP) is 3.58. The van der Waals surface area contributed by atoms with Gasteiger partial charge in [-0.3, -0.25) is 4.79 Å². The van der Waals surface area contributed by atoms with E-state index in [1.165, 1.54) is 39.9 Å². The van der Waals surface area contributed by atoms with Crippen molar-refractivity contribution in [2.75, 3.05) is 18.4 Å². The maximum absolute atomic E-state index is 12.5. The molecule has 0 unspecified atom stereocenters. The molecule has 1 heterocycles.